The van der Waals surface area contributed by atoms with Crippen LogP contribution in [0.1, 0.15) is 32.3 Å². The number of benzene rings is 1. The maximum absolute atomic E-state index is 13.0. The van der Waals surface area contributed by atoms with Crippen LogP contribution in [0.3, 0.4) is 0 Å². The third kappa shape index (κ3) is 3.42. The second-order valence-corrected chi connectivity index (χ2v) is 8.92. The third-order valence-electron chi connectivity index (χ3n) is 6.63. The lowest BCUT2D eigenvalue weighted by Gasteiger charge is -2.45. The molecule has 1 aromatic rings. The van der Waals surface area contributed by atoms with E-state index < -0.39 is 12.1 Å². The first kappa shape index (κ1) is 19.2. The minimum Gasteiger partial charge on any atom is -0.501 e. The van der Waals surface area contributed by atoms with Gasteiger partial charge in [-0.05, 0) is 31.7 Å². The number of rotatable bonds is 4. The lowest BCUT2D eigenvalue weighted by Crippen LogP contribution is -2.53. The van der Waals surface area contributed by atoms with E-state index in [0.29, 0.717) is 6.61 Å². The van der Waals surface area contributed by atoms with Crippen LogP contribution in [-0.4, -0.2) is 43.3 Å². The van der Waals surface area contributed by atoms with Crippen molar-refractivity contribution in [1.29, 1.82) is 0 Å². The summed E-state index contributed by atoms with van der Waals surface area (Å²) in [6.07, 6.45) is 2.10. The summed E-state index contributed by atoms with van der Waals surface area (Å²) in [7, 11) is 1.62. The Morgan fingerprint density at radius 2 is 1.93 bits per heavy atom. The molecule has 1 saturated carbocycles. The molecule has 0 spiro atoms. The van der Waals surface area contributed by atoms with Gasteiger partial charge in [-0.1, -0.05) is 30.3 Å². The highest BCUT2D eigenvalue weighted by molar-refractivity contribution is 5.93. The van der Waals surface area contributed by atoms with Crippen LogP contribution in [0, 0.1) is 17.8 Å². The molecule has 0 aromatic heterocycles. The normalized spacial score (nSPS) is 40.0. The second kappa shape index (κ2) is 7.20. The Morgan fingerprint density at radius 1 is 1.14 bits per heavy atom. The van der Waals surface area contributed by atoms with Gasteiger partial charge in [-0.25, -0.2) is 0 Å². The van der Waals surface area contributed by atoms with Gasteiger partial charge in [0.1, 0.15) is 6.10 Å². The average Bonchev–Trinajstić information content (AvgIpc) is 3.18. The van der Waals surface area contributed by atoms with Gasteiger partial charge in [-0.2, -0.15) is 0 Å². The van der Waals surface area contributed by atoms with Gasteiger partial charge < -0.3 is 23.7 Å². The first-order valence-electron chi connectivity index (χ1n) is 10.4. The predicted molar refractivity (Wildman–Crippen MR) is 104 cm³/mol. The third-order valence-corrected chi connectivity index (χ3v) is 6.63. The molecule has 4 aliphatic rings. The van der Waals surface area contributed by atoms with Crippen molar-refractivity contribution in [1.82, 2.24) is 0 Å². The fourth-order valence-electron chi connectivity index (χ4n) is 5.48. The fourth-order valence-corrected chi connectivity index (χ4v) is 5.48. The van der Waals surface area contributed by atoms with Crippen molar-refractivity contribution >= 4 is 5.78 Å². The Bertz CT molecular complexity index is 803. The van der Waals surface area contributed by atoms with Gasteiger partial charge in [0.05, 0.1) is 31.7 Å². The molecule has 0 unspecified atom stereocenters. The Hall–Kier alpha value is -1.73. The van der Waals surface area contributed by atoms with Crippen molar-refractivity contribution < 1.29 is 28.5 Å². The second-order valence-electron chi connectivity index (χ2n) is 8.92. The number of hydrogen-bond acceptors (Lipinski definition) is 6. The maximum atomic E-state index is 13.0. The number of fused-ring (bicyclic) bond motifs is 5. The molecule has 6 nitrogen and oxygen atoms in total. The Morgan fingerprint density at radius 3 is 2.69 bits per heavy atom. The molecule has 1 aromatic carbocycles. The van der Waals surface area contributed by atoms with Crippen LogP contribution in [-0.2, 0) is 35.1 Å². The summed E-state index contributed by atoms with van der Waals surface area (Å²) in [5.41, 5.74) is 1.12. The number of allylic oxidation sites excluding steroid dienone is 2. The van der Waals surface area contributed by atoms with E-state index in [-0.39, 0.29) is 41.8 Å². The van der Waals surface area contributed by atoms with Crippen LogP contribution < -0.4 is 0 Å². The molecule has 5 rings (SSSR count). The Kier molecular flexibility index (Phi) is 4.78. The lowest BCUT2D eigenvalue weighted by atomic mass is 9.63. The topological polar surface area (TPSA) is 63.2 Å². The molecule has 0 amide bonds. The van der Waals surface area contributed by atoms with E-state index in [0.717, 1.165) is 24.2 Å². The molecule has 2 heterocycles. The van der Waals surface area contributed by atoms with Crippen LogP contribution in [0.25, 0.3) is 0 Å². The molecule has 7 atom stereocenters. The quantitative estimate of drug-likeness (QED) is 0.773. The first-order chi connectivity index (χ1) is 13.9. The summed E-state index contributed by atoms with van der Waals surface area (Å²) in [6, 6.07) is 10.1. The van der Waals surface area contributed by atoms with Crippen LogP contribution in [0.4, 0.5) is 0 Å². The summed E-state index contributed by atoms with van der Waals surface area (Å²) in [5, 5.41) is 0. The lowest BCUT2D eigenvalue weighted by molar-refractivity contribution is -0.235. The van der Waals surface area contributed by atoms with Crippen molar-refractivity contribution in [3.05, 3.63) is 47.7 Å². The molecule has 6 heteroatoms. The Balaban J connectivity index is 1.42. The highest BCUT2D eigenvalue weighted by Crippen LogP contribution is 2.53. The summed E-state index contributed by atoms with van der Waals surface area (Å²) in [6.45, 7) is 4.29. The Labute approximate surface area is 171 Å². The van der Waals surface area contributed by atoms with E-state index in [1.54, 1.807) is 13.2 Å². The number of carbonyl (C=O) groups is 1. The van der Waals surface area contributed by atoms with Gasteiger partial charge in [-0.15, -0.1) is 0 Å². The van der Waals surface area contributed by atoms with Crippen LogP contribution >= 0.6 is 0 Å². The number of carbonyl (C=O) groups excluding carboxylic acids is 1. The van der Waals surface area contributed by atoms with E-state index in [1.807, 2.05) is 32.0 Å². The molecule has 2 aliphatic heterocycles. The van der Waals surface area contributed by atoms with Crippen LogP contribution in [0.15, 0.2) is 42.2 Å². The van der Waals surface area contributed by atoms with Crippen molar-refractivity contribution in [3.8, 4) is 0 Å². The zero-order chi connectivity index (χ0) is 20.2. The van der Waals surface area contributed by atoms with E-state index in [1.165, 1.54) is 0 Å². The molecular formula is C23H28O6. The largest absolute Gasteiger partial charge is 0.501 e. The molecule has 2 aliphatic carbocycles. The molecular weight excluding hydrogens is 372 g/mol. The van der Waals surface area contributed by atoms with Gasteiger partial charge in [0.25, 0.3) is 0 Å². The standard InChI is InChI=1S/C23H28O6/c1-23(2)28-21-19-18-14(9-15(25-3)11-16(18)24)10-17(20(19)27-22(21)29-23)26-12-13-7-5-4-6-8-13/h4-8,11,14,17-22H,9-10,12H2,1-3H3/t14-,17-,18-,19-,20-,21-,22-/m1/s1. The summed E-state index contributed by atoms with van der Waals surface area (Å²) < 4.78 is 30.2. The number of hydrogen-bond donors (Lipinski definition) is 0. The summed E-state index contributed by atoms with van der Waals surface area (Å²) in [4.78, 5) is 13.0. The summed E-state index contributed by atoms with van der Waals surface area (Å²) in [5.74, 6) is 0.0624. The molecule has 3 fully saturated rings. The summed E-state index contributed by atoms with van der Waals surface area (Å²) >= 11 is 0. The minimum absolute atomic E-state index is 0.0801. The van der Waals surface area contributed by atoms with Crippen molar-refractivity contribution in [2.75, 3.05) is 7.11 Å². The highest BCUT2D eigenvalue weighted by atomic mass is 16.8. The molecule has 2 saturated heterocycles. The number of ether oxygens (including phenoxy) is 5. The zero-order valence-corrected chi connectivity index (χ0v) is 17.1. The van der Waals surface area contributed by atoms with Crippen molar-refractivity contribution in [2.45, 2.75) is 63.7 Å². The smallest absolute Gasteiger partial charge is 0.187 e. The minimum atomic E-state index is -0.709. The molecule has 29 heavy (non-hydrogen) atoms. The van der Waals surface area contributed by atoms with Crippen LogP contribution in [0.2, 0.25) is 0 Å². The number of methoxy groups -OCH3 is 1. The number of ketones is 1. The van der Waals surface area contributed by atoms with Crippen LogP contribution in [0.5, 0.6) is 0 Å². The predicted octanol–water partition coefficient (Wildman–Crippen LogP) is 3.20. The SMILES string of the molecule is COC1=CC(=O)[C@H]2[C@H](C1)C[C@@H](OCc1ccccc1)[C@H]1O[C@@H]3OC(C)(C)O[C@@H]3[C@@H]12. The molecule has 0 radical (unpaired) electrons. The van der Waals surface area contributed by atoms with E-state index in [9.17, 15) is 4.79 Å². The van der Waals surface area contributed by atoms with E-state index in [4.69, 9.17) is 23.7 Å². The first-order valence-corrected chi connectivity index (χ1v) is 10.4. The monoisotopic (exact) mass is 400 g/mol. The van der Waals surface area contributed by atoms with E-state index >= 15 is 0 Å². The van der Waals surface area contributed by atoms with E-state index in [2.05, 4.69) is 12.1 Å². The average molecular weight is 400 g/mol. The van der Waals surface area contributed by atoms with Crippen molar-refractivity contribution in [3.63, 3.8) is 0 Å². The fraction of sp³-hybridized carbons (Fsp3) is 0.609. The van der Waals surface area contributed by atoms with Gasteiger partial charge in [-0.3, -0.25) is 4.79 Å². The molecule has 156 valence electrons. The molecule has 0 N–H and O–H groups in total. The van der Waals surface area contributed by atoms with Gasteiger partial charge in [0.15, 0.2) is 17.9 Å². The van der Waals surface area contributed by atoms with Crippen molar-refractivity contribution in [2.24, 2.45) is 17.8 Å². The molecule has 0 bridgehead atoms. The van der Waals surface area contributed by atoms with Gasteiger partial charge in [0, 0.05) is 24.3 Å². The highest BCUT2D eigenvalue weighted by Gasteiger charge is 2.63. The van der Waals surface area contributed by atoms with Gasteiger partial charge in [0.2, 0.25) is 0 Å². The maximum Gasteiger partial charge on any atom is 0.187 e. The van der Waals surface area contributed by atoms with Gasteiger partial charge >= 0.3 is 0 Å². The zero-order valence-electron chi connectivity index (χ0n) is 17.1.